The molecular weight excluding hydrogens is 592 g/mol. The molecule has 2 aliphatic heterocycles. The Labute approximate surface area is 259 Å². The Balaban J connectivity index is 1.56. The van der Waals surface area contributed by atoms with Crippen LogP contribution >= 0.6 is 0 Å². The Bertz CT molecular complexity index is 1430. The second-order valence-corrected chi connectivity index (χ2v) is 12.4. The summed E-state index contributed by atoms with van der Waals surface area (Å²) >= 11 is 0. The van der Waals surface area contributed by atoms with Gasteiger partial charge in [-0.25, -0.2) is 0 Å². The summed E-state index contributed by atoms with van der Waals surface area (Å²) in [5.41, 5.74) is 0.380. The van der Waals surface area contributed by atoms with E-state index in [9.17, 15) is 35.1 Å². The molecule has 4 aliphatic rings. The number of benzene rings is 1. The largest absolute Gasteiger partial charge is 0.485 e. The summed E-state index contributed by atoms with van der Waals surface area (Å²) in [5.74, 6) is -1.48. The minimum Gasteiger partial charge on any atom is -0.485 e. The minimum atomic E-state index is -2.30. The highest BCUT2D eigenvalue weighted by Crippen LogP contribution is 2.57. The molecule has 0 spiro atoms. The topological polar surface area (TPSA) is 209 Å². The Hall–Kier alpha value is -2.98. The van der Waals surface area contributed by atoms with Gasteiger partial charge in [0.15, 0.2) is 16.9 Å². The van der Waals surface area contributed by atoms with Gasteiger partial charge in [-0.05, 0) is 44.7 Å². The van der Waals surface area contributed by atoms with E-state index >= 15 is 0 Å². The standard InChI is InChI=1S/C31H42N2O12/c1-3-41-29(39)15-8-14-9-16-18(11-33-28(16)38)19-13-43-25-22(19)21(14)17(10-15)24(26(25)42-7-5-32-2)45-30-31(40,4-6-34)27(37)23(36)20(12-35)44-30/h13-16,18,20,23,27,30,32,34-37,40H,3-12H2,1-2H3,(H,33,38). The van der Waals surface area contributed by atoms with Crippen molar-refractivity contribution in [3.05, 3.63) is 23.0 Å². The SMILES string of the molecule is CCOC(=O)C1Cc2c(OC3OC(CO)C(O)C(O)C3(O)CCO)c(OCCNC)c3occ4c3c2C(C1)CC1C(=O)NCC41. The third kappa shape index (κ3) is 5.25. The lowest BCUT2D eigenvalue weighted by Gasteiger charge is -2.47. The molecule has 0 radical (unpaired) electrons. The molecule has 9 atom stereocenters. The molecule has 3 heterocycles. The number of aliphatic hydroxyl groups is 5. The second kappa shape index (κ2) is 12.7. The molecule has 0 saturated carbocycles. The van der Waals surface area contributed by atoms with Crippen molar-refractivity contribution < 1.29 is 58.5 Å². The number of hydrogen-bond acceptors (Lipinski definition) is 13. The van der Waals surface area contributed by atoms with Crippen LogP contribution in [0.5, 0.6) is 11.5 Å². The van der Waals surface area contributed by atoms with E-state index in [0.29, 0.717) is 37.1 Å². The fraction of sp³-hybridized carbons (Fsp3) is 0.677. The van der Waals surface area contributed by atoms with E-state index in [1.165, 1.54) is 0 Å². The maximum absolute atomic E-state index is 13.2. The van der Waals surface area contributed by atoms with Crippen LogP contribution in [0.25, 0.3) is 11.0 Å². The average molecular weight is 635 g/mol. The van der Waals surface area contributed by atoms with Gasteiger partial charge in [0, 0.05) is 54.5 Å². The number of esters is 1. The Morgan fingerprint density at radius 3 is 2.71 bits per heavy atom. The van der Waals surface area contributed by atoms with E-state index in [0.717, 1.165) is 16.5 Å². The van der Waals surface area contributed by atoms with Crippen LogP contribution in [-0.4, -0.2) is 114 Å². The van der Waals surface area contributed by atoms with Crippen molar-refractivity contribution in [3.8, 4) is 11.5 Å². The van der Waals surface area contributed by atoms with E-state index in [4.69, 9.17) is 23.4 Å². The molecule has 2 fully saturated rings. The number of ether oxygens (including phenoxy) is 4. The molecule has 1 aromatic carbocycles. The summed E-state index contributed by atoms with van der Waals surface area (Å²) in [6.45, 7) is 1.75. The summed E-state index contributed by atoms with van der Waals surface area (Å²) in [6, 6.07) is 0. The fourth-order valence-corrected chi connectivity index (χ4v) is 7.61. The molecule has 7 N–H and O–H groups in total. The Morgan fingerprint density at radius 2 is 2.00 bits per heavy atom. The zero-order valence-corrected chi connectivity index (χ0v) is 25.4. The maximum Gasteiger partial charge on any atom is 0.309 e. The maximum atomic E-state index is 13.2. The van der Waals surface area contributed by atoms with Gasteiger partial charge in [0.2, 0.25) is 17.9 Å². The predicted octanol–water partition coefficient (Wildman–Crippen LogP) is -0.595. The van der Waals surface area contributed by atoms with Crippen LogP contribution in [0.1, 0.15) is 54.7 Å². The van der Waals surface area contributed by atoms with Crippen LogP contribution < -0.4 is 20.1 Å². The molecule has 6 rings (SSSR count). The van der Waals surface area contributed by atoms with Gasteiger partial charge in [-0.2, -0.15) is 0 Å². The number of amides is 1. The molecule has 14 nitrogen and oxygen atoms in total. The highest BCUT2D eigenvalue weighted by atomic mass is 16.7. The number of rotatable bonds is 11. The molecule has 1 amide bonds. The first kappa shape index (κ1) is 32.0. The quantitative estimate of drug-likeness (QED) is 0.122. The van der Waals surface area contributed by atoms with Gasteiger partial charge < -0.3 is 59.5 Å². The third-order valence-electron chi connectivity index (χ3n) is 9.84. The van der Waals surface area contributed by atoms with Gasteiger partial charge in [-0.1, -0.05) is 0 Å². The first-order valence-electron chi connectivity index (χ1n) is 15.6. The van der Waals surface area contributed by atoms with Crippen LogP contribution in [0, 0.1) is 11.8 Å². The van der Waals surface area contributed by atoms with Gasteiger partial charge in [-0.3, -0.25) is 9.59 Å². The van der Waals surface area contributed by atoms with Gasteiger partial charge in [0.05, 0.1) is 25.4 Å². The first-order chi connectivity index (χ1) is 21.7. The number of likely N-dealkylation sites (N-methyl/N-ethyl adjacent to an activating group) is 1. The average Bonchev–Trinajstić information content (AvgIpc) is 3.58. The number of furan rings is 1. The molecular formula is C31H42N2O12. The summed E-state index contributed by atoms with van der Waals surface area (Å²) < 4.78 is 30.2. The normalized spacial score (nSPS) is 33.8. The van der Waals surface area contributed by atoms with Crippen LogP contribution in [0.2, 0.25) is 0 Å². The fourth-order valence-electron chi connectivity index (χ4n) is 7.61. The summed E-state index contributed by atoms with van der Waals surface area (Å²) in [7, 11) is 1.77. The summed E-state index contributed by atoms with van der Waals surface area (Å²) in [5, 5.41) is 59.7. The van der Waals surface area contributed by atoms with Gasteiger partial charge in [0.25, 0.3) is 0 Å². The molecule has 248 valence electrons. The van der Waals surface area contributed by atoms with E-state index in [1.54, 1.807) is 20.2 Å². The van der Waals surface area contributed by atoms with Crippen molar-refractivity contribution in [3.63, 3.8) is 0 Å². The molecule has 0 bridgehead atoms. The van der Waals surface area contributed by atoms with Crippen molar-refractivity contribution in [1.82, 2.24) is 10.6 Å². The van der Waals surface area contributed by atoms with Gasteiger partial charge in [0.1, 0.15) is 24.9 Å². The Morgan fingerprint density at radius 1 is 1.20 bits per heavy atom. The lowest BCUT2D eigenvalue weighted by molar-refractivity contribution is -0.323. The van der Waals surface area contributed by atoms with Gasteiger partial charge in [-0.15, -0.1) is 0 Å². The van der Waals surface area contributed by atoms with Crippen molar-refractivity contribution in [2.24, 2.45) is 11.8 Å². The van der Waals surface area contributed by atoms with E-state index in [-0.39, 0.29) is 60.8 Å². The van der Waals surface area contributed by atoms with Crippen LogP contribution in [0.15, 0.2) is 10.7 Å². The number of fused-ring (bicyclic) bond motifs is 2. The molecule has 45 heavy (non-hydrogen) atoms. The minimum absolute atomic E-state index is 0.0591. The lowest BCUT2D eigenvalue weighted by atomic mass is 9.72. The molecule has 9 unspecified atom stereocenters. The molecule has 2 aliphatic carbocycles. The van der Waals surface area contributed by atoms with E-state index in [2.05, 4.69) is 10.6 Å². The molecule has 14 heteroatoms. The summed E-state index contributed by atoms with van der Waals surface area (Å²) in [6.07, 6.45) is -4.19. The molecule has 2 aromatic rings. The predicted molar refractivity (Wildman–Crippen MR) is 156 cm³/mol. The van der Waals surface area contributed by atoms with Gasteiger partial charge >= 0.3 is 5.97 Å². The van der Waals surface area contributed by atoms with Crippen molar-refractivity contribution in [1.29, 1.82) is 0 Å². The molecule has 2 saturated heterocycles. The lowest BCUT2D eigenvalue weighted by Crippen LogP contribution is -2.68. The van der Waals surface area contributed by atoms with Crippen LogP contribution in [0.3, 0.4) is 0 Å². The van der Waals surface area contributed by atoms with Crippen molar-refractivity contribution in [2.45, 2.75) is 74.6 Å². The highest BCUT2D eigenvalue weighted by Gasteiger charge is 2.56. The first-order valence-corrected chi connectivity index (χ1v) is 15.6. The van der Waals surface area contributed by atoms with E-state index in [1.807, 2.05) is 0 Å². The number of carbonyl (C=O) groups is 2. The number of nitrogens with one attached hydrogen (secondary N) is 2. The highest BCUT2D eigenvalue weighted by molar-refractivity contribution is 5.97. The monoisotopic (exact) mass is 634 g/mol. The molecule has 1 aromatic heterocycles. The van der Waals surface area contributed by atoms with E-state index < -0.39 is 55.8 Å². The number of hydrogen-bond donors (Lipinski definition) is 7. The van der Waals surface area contributed by atoms with Crippen molar-refractivity contribution in [2.75, 3.05) is 46.6 Å². The third-order valence-corrected chi connectivity index (χ3v) is 9.84. The zero-order valence-electron chi connectivity index (χ0n) is 25.4. The number of carbonyl (C=O) groups excluding carboxylic acids is 2. The zero-order chi connectivity index (χ0) is 32.0. The second-order valence-electron chi connectivity index (χ2n) is 12.4. The summed E-state index contributed by atoms with van der Waals surface area (Å²) in [4.78, 5) is 26.3. The smallest absolute Gasteiger partial charge is 0.309 e. The number of aliphatic hydroxyl groups excluding tert-OH is 4. The van der Waals surface area contributed by atoms with Crippen LogP contribution in [-0.2, 0) is 25.5 Å². The Kier molecular flexibility index (Phi) is 9.00. The van der Waals surface area contributed by atoms with Crippen LogP contribution in [0.4, 0.5) is 0 Å². The van der Waals surface area contributed by atoms with Crippen molar-refractivity contribution >= 4 is 22.8 Å².